The van der Waals surface area contributed by atoms with Crippen LogP contribution < -0.4 is 22.3 Å². The summed E-state index contributed by atoms with van der Waals surface area (Å²) in [6.07, 6.45) is 3.56. The van der Waals surface area contributed by atoms with E-state index in [2.05, 4.69) is 56.5 Å². The van der Waals surface area contributed by atoms with Gasteiger partial charge in [0.25, 0.3) is 4.34 Å². The number of benzene rings is 2. The van der Waals surface area contributed by atoms with E-state index in [4.69, 9.17) is 0 Å². The number of carbonyl (C=O) groups excluding carboxylic acids is 1. The highest BCUT2D eigenvalue weighted by molar-refractivity contribution is 8.00. The lowest BCUT2D eigenvalue weighted by Gasteiger charge is -2.23. The quantitative estimate of drug-likeness (QED) is 0.194. The third kappa shape index (κ3) is 10.7. The summed E-state index contributed by atoms with van der Waals surface area (Å²) < 4.78 is 36.3. The first-order valence-electron chi connectivity index (χ1n) is 10.4. The molecule has 0 aliphatic heterocycles. The van der Waals surface area contributed by atoms with E-state index in [1.165, 1.54) is 14.6 Å². The fourth-order valence-corrected chi connectivity index (χ4v) is 5.60. The average Bonchev–Trinajstić information content (AvgIpc) is 3.02. The molecule has 0 bridgehead atoms. The number of aromatic nitrogens is 1. The maximum Gasteiger partial charge on any atom is 0.297 e. The van der Waals surface area contributed by atoms with Crippen LogP contribution in [-0.4, -0.2) is 57.3 Å². The van der Waals surface area contributed by atoms with Crippen LogP contribution in [0.3, 0.4) is 0 Å². The summed E-state index contributed by atoms with van der Waals surface area (Å²) in [6, 6.07) is 14.5. The number of fused-ring (bicyclic) bond motifs is 1. The van der Waals surface area contributed by atoms with Gasteiger partial charge in [0.15, 0.2) is 0 Å². The number of carbonyl (C=O) groups is 1. The molecule has 1 amide bonds. The van der Waals surface area contributed by atoms with Crippen molar-refractivity contribution in [1.82, 2.24) is 0 Å². The third-order valence-corrected chi connectivity index (χ3v) is 7.73. The highest BCUT2D eigenvalue weighted by atomic mass is 35.5. The number of hydrogen-bond acceptors (Lipinski definition) is 6. The second kappa shape index (κ2) is 13.4. The molecule has 1 N–H and O–H groups in total. The second-order valence-corrected chi connectivity index (χ2v) is 12.2. The average molecular weight is 546 g/mol. The maximum atomic E-state index is 12.0. The summed E-state index contributed by atoms with van der Waals surface area (Å²) in [7, 11) is 4.38. The Kier molecular flexibility index (Phi) is 12.0. The molecule has 0 fully saturated rings. The molecule has 1 heterocycles. The molecule has 0 spiro atoms. The first-order valence-corrected chi connectivity index (χ1v) is 14.0. The number of hydrogen-bond donors (Lipinski definition) is 1. The Labute approximate surface area is 216 Å². The van der Waals surface area contributed by atoms with Crippen molar-refractivity contribution >= 4 is 55.0 Å². The Morgan fingerprint density at radius 1 is 1.15 bits per heavy atom. The molecule has 188 valence electrons. The Bertz CT molecular complexity index is 1180. The lowest BCUT2D eigenvalue weighted by molar-refractivity contribution is -0.870. The van der Waals surface area contributed by atoms with Gasteiger partial charge in [-0.15, -0.1) is 0 Å². The Balaban J connectivity index is 0.000000407. The minimum atomic E-state index is -4.13. The van der Waals surface area contributed by atoms with Gasteiger partial charge in [-0.05, 0) is 35.7 Å². The van der Waals surface area contributed by atoms with Gasteiger partial charge in [-0.25, -0.2) is 8.42 Å². The number of amides is 1. The molecule has 0 radical (unpaired) electrons. The van der Waals surface area contributed by atoms with Gasteiger partial charge in [0, 0.05) is 24.6 Å². The van der Waals surface area contributed by atoms with E-state index in [0.29, 0.717) is 12.0 Å². The number of thioether (sulfide) groups is 1. The molecule has 7 nitrogen and oxygen atoms in total. The third-order valence-electron chi connectivity index (χ3n) is 4.67. The van der Waals surface area contributed by atoms with E-state index < -0.39 is 15.9 Å². The van der Waals surface area contributed by atoms with Crippen LogP contribution in [0.25, 0.3) is 10.2 Å². The number of thiazole rings is 1. The number of nitrogens with zero attached hydrogens (tertiary/aromatic N) is 2. The van der Waals surface area contributed by atoms with Crippen molar-refractivity contribution in [1.29, 1.82) is 0 Å². The fraction of sp³-hybridized carbons (Fsp3) is 0.391. The van der Waals surface area contributed by atoms with Crippen LogP contribution in [0.2, 0.25) is 0 Å². The Hall–Kier alpha value is -1.69. The summed E-state index contributed by atoms with van der Waals surface area (Å²) in [4.78, 5) is 12.0. The number of nitrogens with one attached hydrogen (secondary N) is 1. The molecule has 2 aromatic carbocycles. The topological polar surface area (TPSA) is 90.2 Å². The van der Waals surface area contributed by atoms with Crippen molar-refractivity contribution < 1.29 is 39.2 Å². The predicted molar refractivity (Wildman–Crippen MR) is 135 cm³/mol. The number of aryl methyl sites for hydroxylation is 1. The van der Waals surface area contributed by atoms with Crippen LogP contribution in [-0.2, 0) is 27.7 Å². The molecule has 1 aromatic heterocycles. The standard InChI is InChI=1S/C16H24N3OS2.C7H8O3S.ClH/c1-18-13-9-8-12(11-14(13)22-16(18)21-5)17-15(20)7-6-10-19(2,3)4;8-11(9,10)6-7-4-2-1-3-5-7;/h8-9,11H,6-7,10H2,1-5H3;1-5H,6H2,(H,8,9,10);1H/q+1;;/p-1. The van der Waals surface area contributed by atoms with Gasteiger partial charge in [0.05, 0.1) is 43.6 Å². The lowest BCUT2D eigenvalue weighted by atomic mass is 10.2. The summed E-state index contributed by atoms with van der Waals surface area (Å²) in [6.45, 7) is 1.00. The van der Waals surface area contributed by atoms with E-state index in [9.17, 15) is 17.8 Å². The zero-order valence-electron chi connectivity index (χ0n) is 20.1. The highest BCUT2D eigenvalue weighted by Crippen LogP contribution is 2.28. The van der Waals surface area contributed by atoms with Crippen molar-refractivity contribution in [3.63, 3.8) is 0 Å². The van der Waals surface area contributed by atoms with Gasteiger partial charge < -0.3 is 26.8 Å². The normalized spacial score (nSPS) is 11.4. The van der Waals surface area contributed by atoms with Crippen molar-refractivity contribution in [3.05, 3.63) is 54.1 Å². The van der Waals surface area contributed by atoms with Crippen molar-refractivity contribution in [2.24, 2.45) is 7.05 Å². The largest absolute Gasteiger partial charge is 1.00 e. The molecule has 0 aliphatic carbocycles. The molecule has 0 atom stereocenters. The summed E-state index contributed by atoms with van der Waals surface area (Å²) >= 11 is 3.51. The smallest absolute Gasteiger partial charge is 0.297 e. The molecule has 0 aliphatic rings. The molecule has 0 saturated carbocycles. The van der Waals surface area contributed by atoms with Crippen LogP contribution in [0.1, 0.15) is 18.4 Å². The lowest BCUT2D eigenvalue weighted by Crippen LogP contribution is -3.00. The summed E-state index contributed by atoms with van der Waals surface area (Å²) in [5.74, 6) is -0.327. The number of quaternary nitrogens is 1. The molecule has 3 rings (SSSR count). The first-order chi connectivity index (χ1) is 15.4. The van der Waals surface area contributed by atoms with Crippen molar-refractivity contribution in [3.8, 4) is 0 Å². The SMILES string of the molecule is CSc1sc2cc(NC(=O)CCC[N+](C)(C)C)ccc2[n+]1C.O=S(=O)([O-])Cc1ccccc1.[Cl-]. The van der Waals surface area contributed by atoms with Gasteiger partial charge in [0.1, 0.15) is 11.7 Å². The molecule has 0 saturated heterocycles. The Morgan fingerprint density at radius 2 is 1.79 bits per heavy atom. The maximum absolute atomic E-state index is 12.0. The van der Waals surface area contributed by atoms with Crippen molar-refractivity contribution in [2.75, 3.05) is 39.3 Å². The predicted octanol–water partition coefficient (Wildman–Crippen LogP) is 0.608. The zero-order chi connectivity index (χ0) is 24.6. The second-order valence-electron chi connectivity index (χ2n) is 8.67. The van der Waals surface area contributed by atoms with Crippen LogP contribution in [0.4, 0.5) is 5.69 Å². The van der Waals surface area contributed by atoms with Crippen LogP contribution >= 0.6 is 23.1 Å². The molecular formula is C23H32ClN3O4S3. The highest BCUT2D eigenvalue weighted by Gasteiger charge is 2.16. The van der Waals surface area contributed by atoms with E-state index >= 15 is 0 Å². The minimum Gasteiger partial charge on any atom is -1.00 e. The van der Waals surface area contributed by atoms with Gasteiger partial charge in [-0.3, -0.25) is 4.79 Å². The Morgan fingerprint density at radius 3 is 2.35 bits per heavy atom. The van der Waals surface area contributed by atoms with E-state index in [1.807, 2.05) is 6.07 Å². The fourth-order valence-electron chi connectivity index (χ4n) is 3.11. The first kappa shape index (κ1) is 30.3. The van der Waals surface area contributed by atoms with Crippen LogP contribution in [0, 0.1) is 0 Å². The van der Waals surface area contributed by atoms with E-state index in [1.54, 1.807) is 53.4 Å². The molecule has 34 heavy (non-hydrogen) atoms. The summed E-state index contributed by atoms with van der Waals surface area (Å²) in [5.41, 5.74) is 2.62. The van der Waals surface area contributed by atoms with Gasteiger partial charge in [-0.1, -0.05) is 41.7 Å². The number of halogens is 1. The summed E-state index contributed by atoms with van der Waals surface area (Å²) in [5, 5.41) is 3.01. The molecule has 3 aromatic rings. The zero-order valence-corrected chi connectivity index (χ0v) is 23.3. The minimum absolute atomic E-state index is 0. The number of anilines is 1. The molecule has 0 unspecified atom stereocenters. The van der Waals surface area contributed by atoms with E-state index in [-0.39, 0.29) is 18.3 Å². The van der Waals surface area contributed by atoms with Crippen molar-refractivity contribution in [2.45, 2.75) is 22.9 Å². The number of rotatable bonds is 8. The molecular weight excluding hydrogens is 514 g/mol. The van der Waals surface area contributed by atoms with Crippen LogP contribution in [0.5, 0.6) is 0 Å². The van der Waals surface area contributed by atoms with Gasteiger partial charge in [-0.2, -0.15) is 4.57 Å². The molecule has 11 heteroatoms. The van der Waals surface area contributed by atoms with Crippen LogP contribution in [0.15, 0.2) is 52.9 Å². The van der Waals surface area contributed by atoms with Gasteiger partial charge in [0.2, 0.25) is 11.4 Å². The monoisotopic (exact) mass is 545 g/mol. The van der Waals surface area contributed by atoms with E-state index in [0.717, 1.165) is 23.1 Å². The van der Waals surface area contributed by atoms with Gasteiger partial charge >= 0.3 is 0 Å².